The van der Waals surface area contributed by atoms with Gasteiger partial charge in [-0.05, 0) is 25.9 Å². The molecule has 1 saturated heterocycles. The van der Waals surface area contributed by atoms with Crippen LogP contribution in [0.25, 0.3) is 0 Å². The Morgan fingerprint density at radius 3 is 1.15 bits per heavy atom. The lowest BCUT2D eigenvalue weighted by Crippen LogP contribution is -2.21. The quantitative estimate of drug-likeness (QED) is 0.500. The molecule has 0 radical (unpaired) electrons. The zero-order chi connectivity index (χ0) is 6.24. The molecule has 6 heteroatoms. The van der Waals surface area contributed by atoms with Crippen LogP contribution < -0.4 is 17.6 Å². The third-order valence-corrected chi connectivity index (χ3v) is 1.21. The molecule has 13 heavy (non-hydrogen) atoms. The van der Waals surface area contributed by atoms with Crippen molar-refractivity contribution in [1.82, 2.24) is 17.6 Å². The smallest absolute Gasteiger partial charge is 0 e. The lowest BCUT2D eigenvalue weighted by atomic mass is 10.2. The molecule has 0 atom stereocenters. The Bertz CT molecular complexity index is 39.7. The van der Waals surface area contributed by atoms with Crippen LogP contribution in [-0.2, 0) is 0 Å². The van der Waals surface area contributed by atoms with Gasteiger partial charge in [0.25, 0.3) is 0 Å². The summed E-state index contributed by atoms with van der Waals surface area (Å²) < 4.78 is 0. The summed E-state index contributed by atoms with van der Waals surface area (Å²) in [6.45, 7) is 6.50. The molecule has 1 rings (SSSR count). The fourth-order valence-electron chi connectivity index (χ4n) is 0.802. The van der Waals surface area contributed by atoms with Crippen LogP contribution in [0.3, 0.4) is 0 Å². The van der Waals surface area contributed by atoms with Crippen molar-refractivity contribution in [2.45, 2.75) is 33.1 Å². The van der Waals surface area contributed by atoms with E-state index in [1.165, 1.54) is 32.4 Å². The van der Waals surface area contributed by atoms with E-state index in [0.717, 1.165) is 0 Å². The van der Waals surface area contributed by atoms with Crippen LogP contribution in [-0.4, -0.2) is 29.5 Å². The van der Waals surface area contributed by atoms with Crippen molar-refractivity contribution in [2.75, 3.05) is 13.1 Å². The second-order valence-corrected chi connectivity index (χ2v) is 1.81. The van der Waals surface area contributed by atoms with Crippen molar-refractivity contribution in [3.8, 4) is 0 Å². The van der Waals surface area contributed by atoms with Crippen molar-refractivity contribution in [3.05, 3.63) is 0 Å². The second kappa shape index (κ2) is 41.0. The normalized spacial score (nSPS) is 11.5. The van der Waals surface area contributed by atoms with E-state index in [4.69, 9.17) is 0 Å². The fraction of sp³-hybridized carbons (Fsp3) is 1.00. The molecule has 1 aliphatic rings. The van der Waals surface area contributed by atoms with Crippen LogP contribution in [0.2, 0.25) is 0 Å². The summed E-state index contributed by atoms with van der Waals surface area (Å²) in [5.74, 6) is 0. The zero-order valence-corrected chi connectivity index (χ0v) is 8.95. The first-order valence-corrected chi connectivity index (χ1v) is 3.71. The topological polar surface area (TPSA) is 177 Å². The molecule has 13 N–H and O–H groups in total. The number of rotatable bonds is 0. The average molecular weight is 205 g/mol. The van der Waals surface area contributed by atoms with Crippen molar-refractivity contribution in [3.63, 3.8) is 0 Å². The van der Waals surface area contributed by atoms with E-state index in [9.17, 15) is 0 Å². The average Bonchev–Trinajstić information content (AvgIpc) is 1.96. The third kappa shape index (κ3) is 33.8. The van der Waals surface area contributed by atoms with Gasteiger partial charge in [0, 0.05) is 1.43 Å². The Labute approximate surface area is 82.7 Å². The Kier molecular flexibility index (Phi) is 122. The van der Waals surface area contributed by atoms with Gasteiger partial charge in [0.15, 0.2) is 0 Å². The molecular weight excluding hydrogens is 174 g/mol. The molecule has 0 unspecified atom stereocenters. The van der Waals surface area contributed by atoms with E-state index < -0.39 is 0 Å². The van der Waals surface area contributed by atoms with Gasteiger partial charge in [-0.3, -0.25) is 0 Å². The highest BCUT2D eigenvalue weighted by atomic mass is 16.0. The van der Waals surface area contributed by atoms with Gasteiger partial charge in [0.05, 0.1) is 0 Å². The summed E-state index contributed by atoms with van der Waals surface area (Å²) in [5, 5.41) is 3.28. The van der Waals surface area contributed by atoms with Crippen LogP contribution in [0.4, 0.5) is 0 Å². The maximum Gasteiger partial charge on any atom is 0 e. The highest BCUT2D eigenvalue weighted by Crippen LogP contribution is 1.96. The van der Waals surface area contributed by atoms with Gasteiger partial charge in [-0.2, -0.15) is 0 Å². The summed E-state index contributed by atoms with van der Waals surface area (Å²) in [6, 6.07) is 0. The third-order valence-electron chi connectivity index (χ3n) is 1.21. The molecule has 0 aromatic heterocycles. The molecule has 1 aliphatic heterocycles. The first-order chi connectivity index (χ1) is 4.00. The van der Waals surface area contributed by atoms with Crippen molar-refractivity contribution in [1.29, 1.82) is 0 Å². The molecule has 0 aliphatic carbocycles. The monoisotopic (exact) mass is 205 g/mol. The second-order valence-electron chi connectivity index (χ2n) is 1.81. The van der Waals surface area contributed by atoms with Gasteiger partial charge >= 0.3 is 0 Å². The number of hydrogen-bond donors (Lipinski definition) is 3. The van der Waals surface area contributed by atoms with E-state index in [2.05, 4.69) is 5.32 Å². The van der Waals surface area contributed by atoms with Crippen molar-refractivity contribution < 1.29 is 17.9 Å². The summed E-state index contributed by atoms with van der Waals surface area (Å²) in [5.41, 5.74) is 0. The molecule has 6 nitrogen and oxygen atoms in total. The van der Waals surface area contributed by atoms with Gasteiger partial charge in [0.1, 0.15) is 0 Å². The molecule has 92 valence electrons. The first-order valence-electron chi connectivity index (χ1n) is 3.71. The minimum atomic E-state index is 0. The van der Waals surface area contributed by atoms with Gasteiger partial charge in [-0.15, -0.1) is 0 Å². The van der Waals surface area contributed by atoms with E-state index in [-0.39, 0.29) is 30.2 Å². The molecule has 1 heterocycles. The van der Waals surface area contributed by atoms with Crippen LogP contribution in [0, 0.1) is 0 Å². The number of hydrogen-bond acceptors (Lipinski definition) is 3. The van der Waals surface area contributed by atoms with Gasteiger partial charge < -0.3 is 34.0 Å². The number of nitrogens with one attached hydrogen (secondary N) is 1. The standard InChI is InChI=1S/C5H11N.C2H6.2H3N.3H2O.H2/c1-2-4-6-5-3-1;1-2;;;;;;/h6H,1-5H2;1-2H3;2*1H3;3*1H2;1H. The Balaban J connectivity index is -0.0000000117. The Hall–Kier alpha value is -0.240. The predicted octanol–water partition coefficient (Wildman–Crippen LogP) is -0.118. The Morgan fingerprint density at radius 1 is 0.769 bits per heavy atom. The van der Waals surface area contributed by atoms with Crippen LogP contribution in [0.1, 0.15) is 34.5 Å². The summed E-state index contributed by atoms with van der Waals surface area (Å²) >= 11 is 0. The Morgan fingerprint density at radius 2 is 1.08 bits per heavy atom. The molecule has 0 aromatic carbocycles. The van der Waals surface area contributed by atoms with Crippen LogP contribution >= 0.6 is 0 Å². The molecule has 0 saturated carbocycles. The highest BCUT2D eigenvalue weighted by molar-refractivity contribution is 4.55. The summed E-state index contributed by atoms with van der Waals surface area (Å²) in [6.07, 6.45) is 4.22. The van der Waals surface area contributed by atoms with E-state index in [1.807, 2.05) is 13.8 Å². The summed E-state index contributed by atoms with van der Waals surface area (Å²) in [7, 11) is 0. The molecule has 0 amide bonds. The molecule has 1 fully saturated rings. The highest BCUT2D eigenvalue weighted by Gasteiger charge is 1.93. The first kappa shape index (κ1) is 38.6. The minimum Gasteiger partial charge on any atom is -0.412 e. The van der Waals surface area contributed by atoms with Gasteiger partial charge in [0.2, 0.25) is 0 Å². The van der Waals surface area contributed by atoms with Crippen molar-refractivity contribution >= 4 is 0 Å². The largest absolute Gasteiger partial charge is 0.412 e. The van der Waals surface area contributed by atoms with E-state index in [1.54, 1.807) is 0 Å². The maximum atomic E-state index is 3.28. The van der Waals surface area contributed by atoms with Gasteiger partial charge in [-0.1, -0.05) is 20.3 Å². The molecule has 0 bridgehead atoms. The van der Waals surface area contributed by atoms with Gasteiger partial charge in [-0.25, -0.2) is 0 Å². The SMILES string of the molecule is C1CCNCC1.CC.N.N.O.O.O.[HH]. The van der Waals surface area contributed by atoms with Crippen LogP contribution in [0.15, 0.2) is 0 Å². The zero-order valence-electron chi connectivity index (χ0n) is 8.95. The van der Waals surface area contributed by atoms with Crippen LogP contribution in [0.5, 0.6) is 0 Å². The molecular formula is C7H31N3O3. The van der Waals surface area contributed by atoms with E-state index >= 15 is 0 Å². The maximum absolute atomic E-state index is 3.28. The fourth-order valence-corrected chi connectivity index (χ4v) is 0.802. The van der Waals surface area contributed by atoms with Crippen molar-refractivity contribution in [2.24, 2.45) is 0 Å². The lowest BCUT2D eigenvalue weighted by Gasteiger charge is -2.08. The van der Waals surface area contributed by atoms with E-state index in [0.29, 0.717) is 0 Å². The molecule has 0 spiro atoms. The predicted molar refractivity (Wildman–Crippen MR) is 61.1 cm³/mol. The minimum absolute atomic E-state index is 0. The lowest BCUT2D eigenvalue weighted by molar-refractivity contribution is 0.520. The number of piperidine rings is 1. The molecule has 0 aromatic rings. The summed E-state index contributed by atoms with van der Waals surface area (Å²) in [4.78, 5) is 0.